The second kappa shape index (κ2) is 10.1. The van der Waals surface area contributed by atoms with Crippen LogP contribution in [0.1, 0.15) is 29.3 Å². The van der Waals surface area contributed by atoms with Crippen LogP contribution >= 0.6 is 39.9 Å². The minimum atomic E-state index is -1.03. The van der Waals surface area contributed by atoms with Crippen LogP contribution in [0.25, 0.3) is 6.08 Å². The Morgan fingerprint density at radius 3 is 2.45 bits per heavy atom. The molecule has 1 atom stereocenters. The summed E-state index contributed by atoms with van der Waals surface area (Å²) >= 11 is 9.62. The molecule has 2 aromatic carbocycles. The van der Waals surface area contributed by atoms with Gasteiger partial charge in [0.05, 0.1) is 4.91 Å². The summed E-state index contributed by atoms with van der Waals surface area (Å²) in [7, 11) is 0. The fourth-order valence-corrected chi connectivity index (χ4v) is 4.04. The summed E-state index contributed by atoms with van der Waals surface area (Å²) in [5, 5.41) is 10.1. The number of carbonyl (C=O) groups excluding carboxylic acids is 2. The lowest BCUT2D eigenvalue weighted by Crippen LogP contribution is -2.44. The molecular formula is C21H17BrN2O5S2. The second-order valence-electron chi connectivity index (χ2n) is 6.39. The molecule has 2 N–H and O–H groups in total. The number of carboxylic acids is 1. The number of hydrogen-bond donors (Lipinski definition) is 2. The lowest BCUT2D eigenvalue weighted by molar-refractivity contribution is -0.145. The number of carbonyl (C=O) groups is 3. The fourth-order valence-electron chi connectivity index (χ4n) is 2.60. The second-order valence-corrected chi connectivity index (χ2v) is 8.98. The molecule has 10 heteroatoms. The summed E-state index contributed by atoms with van der Waals surface area (Å²) in [6.07, 6.45) is 1.06. The number of nitrogens with zero attached hydrogens (tertiary/aromatic N) is 1. The maximum absolute atomic E-state index is 12.7. The lowest BCUT2D eigenvalue weighted by Gasteiger charge is -2.15. The number of carboxylic acid groups (broad SMARTS) is 1. The van der Waals surface area contributed by atoms with Gasteiger partial charge >= 0.3 is 5.97 Å². The van der Waals surface area contributed by atoms with Crippen molar-refractivity contribution in [1.29, 1.82) is 0 Å². The Morgan fingerprint density at radius 1 is 1.23 bits per heavy atom. The number of ether oxygens (including phenoxy) is 1. The highest BCUT2D eigenvalue weighted by molar-refractivity contribution is 9.10. The molecule has 3 rings (SSSR count). The molecule has 0 spiro atoms. The van der Waals surface area contributed by atoms with E-state index < -0.39 is 23.9 Å². The van der Waals surface area contributed by atoms with Crippen molar-refractivity contribution in [2.45, 2.75) is 19.4 Å². The summed E-state index contributed by atoms with van der Waals surface area (Å²) in [6, 6.07) is 13.4. The van der Waals surface area contributed by atoms with Gasteiger partial charge in [-0.25, -0.2) is 4.79 Å². The number of nitrogens with one attached hydrogen (secondary N) is 1. The summed E-state index contributed by atoms with van der Waals surface area (Å²) in [5.41, 5.74) is 3.63. The molecule has 1 heterocycles. The van der Waals surface area contributed by atoms with Gasteiger partial charge < -0.3 is 9.84 Å². The molecule has 0 radical (unpaired) electrons. The molecule has 31 heavy (non-hydrogen) atoms. The van der Waals surface area contributed by atoms with E-state index in [1.165, 1.54) is 0 Å². The van der Waals surface area contributed by atoms with E-state index in [-0.39, 0.29) is 4.32 Å². The van der Waals surface area contributed by atoms with Crippen LogP contribution in [0.2, 0.25) is 0 Å². The minimum Gasteiger partial charge on any atom is -0.479 e. The molecular weight excluding hydrogens is 504 g/mol. The van der Waals surface area contributed by atoms with Crippen LogP contribution in [0, 0.1) is 0 Å². The van der Waals surface area contributed by atoms with Gasteiger partial charge in [-0.05, 0) is 66.7 Å². The van der Waals surface area contributed by atoms with Gasteiger partial charge in [0.1, 0.15) is 5.75 Å². The van der Waals surface area contributed by atoms with Crippen molar-refractivity contribution in [3.05, 3.63) is 69.0 Å². The van der Waals surface area contributed by atoms with Crippen molar-refractivity contribution >= 4 is 68.1 Å². The van der Waals surface area contributed by atoms with E-state index in [0.717, 1.165) is 21.2 Å². The monoisotopic (exact) mass is 520 g/mol. The molecule has 7 nitrogen and oxygen atoms in total. The third-order valence-corrected chi connectivity index (χ3v) is 6.05. The number of amides is 2. The number of hydrogen-bond acceptors (Lipinski definition) is 6. The number of benzene rings is 2. The average Bonchev–Trinajstić information content (AvgIpc) is 3.00. The standard InChI is InChI=1S/C21H17BrN2O5S2/c1-2-16(20(27)28)29-15-9-3-12(4-10-15)11-17-19(26)24(21(30)31-17)23-18(25)13-5-7-14(22)8-6-13/h3-11,16H,2H2,1H3,(H,23,25)(H,27,28)/b17-11+. The van der Waals surface area contributed by atoms with Gasteiger partial charge in [0.2, 0.25) is 0 Å². The van der Waals surface area contributed by atoms with E-state index in [2.05, 4.69) is 21.4 Å². The van der Waals surface area contributed by atoms with Gasteiger partial charge in [-0.15, -0.1) is 0 Å². The van der Waals surface area contributed by atoms with Crippen molar-refractivity contribution in [2.75, 3.05) is 0 Å². The third-order valence-electron chi connectivity index (χ3n) is 4.22. The predicted molar refractivity (Wildman–Crippen MR) is 125 cm³/mol. The number of thioether (sulfide) groups is 1. The van der Waals surface area contributed by atoms with E-state index in [9.17, 15) is 14.4 Å². The zero-order valence-electron chi connectivity index (χ0n) is 16.2. The molecule has 0 aliphatic carbocycles. The number of hydrazine groups is 1. The zero-order chi connectivity index (χ0) is 22.5. The summed E-state index contributed by atoms with van der Waals surface area (Å²) in [4.78, 5) is 36.5. The summed E-state index contributed by atoms with van der Waals surface area (Å²) in [5.74, 6) is -1.49. The highest BCUT2D eigenvalue weighted by Crippen LogP contribution is 2.32. The van der Waals surface area contributed by atoms with E-state index in [1.54, 1.807) is 61.5 Å². The zero-order valence-corrected chi connectivity index (χ0v) is 19.4. The van der Waals surface area contributed by atoms with Crippen LogP contribution in [0.3, 0.4) is 0 Å². The molecule has 0 saturated carbocycles. The Labute approximate surface area is 196 Å². The van der Waals surface area contributed by atoms with Crippen molar-refractivity contribution in [3.8, 4) is 5.75 Å². The third kappa shape index (κ3) is 5.72. The quantitative estimate of drug-likeness (QED) is 0.416. The van der Waals surface area contributed by atoms with E-state index in [4.69, 9.17) is 22.1 Å². The van der Waals surface area contributed by atoms with E-state index in [0.29, 0.717) is 28.2 Å². The van der Waals surface area contributed by atoms with Gasteiger partial charge in [0, 0.05) is 10.0 Å². The van der Waals surface area contributed by atoms with Crippen LogP contribution in [0.5, 0.6) is 5.75 Å². The number of rotatable bonds is 7. The first-order valence-corrected chi connectivity index (χ1v) is 11.1. The molecule has 1 aliphatic rings. The Kier molecular flexibility index (Phi) is 7.47. The fraction of sp³-hybridized carbons (Fsp3) is 0.143. The smallest absolute Gasteiger partial charge is 0.344 e. The Bertz CT molecular complexity index is 1050. The molecule has 1 unspecified atom stereocenters. The van der Waals surface area contributed by atoms with Crippen LogP contribution in [0.4, 0.5) is 0 Å². The van der Waals surface area contributed by atoms with E-state index in [1.807, 2.05) is 0 Å². The molecule has 1 aliphatic heterocycles. The molecule has 1 fully saturated rings. The van der Waals surface area contributed by atoms with Crippen molar-refractivity contribution < 1.29 is 24.2 Å². The summed E-state index contributed by atoms with van der Waals surface area (Å²) < 4.78 is 6.48. The highest BCUT2D eigenvalue weighted by atomic mass is 79.9. The number of halogens is 1. The molecule has 1 saturated heterocycles. The van der Waals surface area contributed by atoms with Crippen LogP contribution < -0.4 is 10.2 Å². The molecule has 2 aromatic rings. The van der Waals surface area contributed by atoms with Crippen LogP contribution in [0.15, 0.2) is 57.9 Å². The van der Waals surface area contributed by atoms with Crippen molar-refractivity contribution in [1.82, 2.24) is 10.4 Å². The lowest BCUT2D eigenvalue weighted by atomic mass is 10.2. The normalized spacial score (nSPS) is 15.8. The van der Waals surface area contributed by atoms with Gasteiger partial charge in [-0.2, -0.15) is 5.01 Å². The molecule has 160 valence electrons. The SMILES string of the molecule is CCC(Oc1ccc(/C=C2/SC(=S)N(NC(=O)c3ccc(Br)cc3)C2=O)cc1)C(=O)O. The predicted octanol–water partition coefficient (Wildman–Crippen LogP) is 4.24. The number of thiocarbonyl (C=S) groups is 1. The first-order chi connectivity index (χ1) is 14.8. The average molecular weight is 521 g/mol. The van der Waals surface area contributed by atoms with Crippen molar-refractivity contribution in [3.63, 3.8) is 0 Å². The maximum Gasteiger partial charge on any atom is 0.344 e. The molecule has 0 aromatic heterocycles. The molecule has 0 bridgehead atoms. The Morgan fingerprint density at radius 2 is 1.87 bits per heavy atom. The molecule has 2 amide bonds. The largest absolute Gasteiger partial charge is 0.479 e. The Balaban J connectivity index is 1.69. The first kappa shape index (κ1) is 23.0. The summed E-state index contributed by atoms with van der Waals surface area (Å²) in [6.45, 7) is 1.73. The highest BCUT2D eigenvalue weighted by Gasteiger charge is 2.33. The van der Waals surface area contributed by atoms with Crippen LogP contribution in [-0.4, -0.2) is 38.3 Å². The van der Waals surface area contributed by atoms with E-state index >= 15 is 0 Å². The van der Waals surface area contributed by atoms with Gasteiger partial charge in [0.25, 0.3) is 11.8 Å². The van der Waals surface area contributed by atoms with Gasteiger partial charge in [-0.1, -0.05) is 46.7 Å². The Hall–Kier alpha value is -2.69. The van der Waals surface area contributed by atoms with Gasteiger partial charge in [-0.3, -0.25) is 15.0 Å². The number of aliphatic carboxylic acids is 1. The minimum absolute atomic E-state index is 0.217. The first-order valence-electron chi connectivity index (χ1n) is 9.12. The topological polar surface area (TPSA) is 95.9 Å². The van der Waals surface area contributed by atoms with Crippen molar-refractivity contribution in [2.24, 2.45) is 0 Å². The maximum atomic E-state index is 12.7. The van der Waals surface area contributed by atoms with Crippen LogP contribution in [-0.2, 0) is 9.59 Å². The van der Waals surface area contributed by atoms with Gasteiger partial charge in [0.15, 0.2) is 10.4 Å².